The second-order valence-corrected chi connectivity index (χ2v) is 8.45. The van der Waals surface area contributed by atoms with Crippen molar-refractivity contribution in [3.8, 4) is 5.75 Å². The van der Waals surface area contributed by atoms with Gasteiger partial charge < -0.3 is 25.3 Å². The average molecular weight is 480 g/mol. The number of carbonyl (C=O) groups excluding carboxylic acids is 2. The van der Waals surface area contributed by atoms with Gasteiger partial charge in [-0.25, -0.2) is 4.39 Å². The van der Waals surface area contributed by atoms with E-state index in [-0.39, 0.29) is 16.8 Å². The van der Waals surface area contributed by atoms with Crippen LogP contribution in [-0.2, 0) is 9.59 Å². The van der Waals surface area contributed by atoms with Crippen molar-refractivity contribution in [1.82, 2.24) is 0 Å². The second-order valence-electron chi connectivity index (χ2n) is 8.45. The molecule has 2 aromatic rings. The number of benzene rings is 2. The summed E-state index contributed by atoms with van der Waals surface area (Å²) in [5.41, 5.74) is 4.72. The molecular weight excluding hydrogens is 460 g/mol. The second kappa shape index (κ2) is 8.39. The summed E-state index contributed by atoms with van der Waals surface area (Å²) in [4.78, 5) is 38.2. The number of carboxylic acids is 1. The van der Waals surface area contributed by atoms with Gasteiger partial charge in [0.2, 0.25) is 0 Å². The molecule has 1 amide bonds. The number of nitrogens with zero attached hydrogens (tertiary/aromatic N) is 1. The Labute approximate surface area is 191 Å². The SMILES string of the molecule is NC(CC=O)(C(=O)O)C1c2cc(F)ccc2N(C(=O)c2ccc(OC(F)(F)F)cc2)C2CCC21. The number of nitrogens with two attached hydrogens (primary N) is 1. The standard InChI is InChI=1S/C23H20F4N2O5/c24-13-3-7-18-16(11-13)19(22(28,9-10-30)21(32)33)15-6-8-17(15)29(18)20(31)12-1-4-14(5-2-12)34-23(25,26)27/h1-5,7,10-11,15,17,19H,6,8-9,28H2,(H,32,33). The minimum atomic E-state index is -4.88. The van der Waals surface area contributed by atoms with Crippen LogP contribution in [0.25, 0.3) is 0 Å². The van der Waals surface area contributed by atoms with Crippen LogP contribution in [0.15, 0.2) is 42.5 Å². The lowest BCUT2D eigenvalue weighted by atomic mass is 9.58. The van der Waals surface area contributed by atoms with Gasteiger partial charge in [0, 0.05) is 29.6 Å². The third kappa shape index (κ3) is 4.00. The molecule has 0 spiro atoms. The van der Waals surface area contributed by atoms with Crippen LogP contribution in [0, 0.1) is 11.7 Å². The largest absolute Gasteiger partial charge is 0.573 e. The summed E-state index contributed by atoms with van der Waals surface area (Å²) < 4.78 is 55.4. The zero-order valence-electron chi connectivity index (χ0n) is 17.6. The molecule has 4 atom stereocenters. The molecule has 11 heteroatoms. The highest BCUT2D eigenvalue weighted by molar-refractivity contribution is 6.07. The average Bonchev–Trinajstić information content (AvgIpc) is 2.73. The number of aliphatic carboxylic acids is 1. The maximum Gasteiger partial charge on any atom is 0.573 e. The lowest BCUT2D eigenvalue weighted by molar-refractivity contribution is -0.274. The van der Waals surface area contributed by atoms with Gasteiger partial charge in [0.05, 0.1) is 0 Å². The van der Waals surface area contributed by atoms with Crippen LogP contribution in [0.2, 0.25) is 0 Å². The van der Waals surface area contributed by atoms with Crippen LogP contribution in [0.5, 0.6) is 5.75 Å². The van der Waals surface area contributed by atoms with Gasteiger partial charge in [-0.1, -0.05) is 0 Å². The molecule has 1 saturated carbocycles. The van der Waals surface area contributed by atoms with Crippen LogP contribution in [-0.4, -0.2) is 41.2 Å². The molecule has 4 unspecified atom stereocenters. The highest BCUT2D eigenvalue weighted by atomic mass is 19.4. The van der Waals surface area contributed by atoms with Crippen molar-refractivity contribution in [3.63, 3.8) is 0 Å². The van der Waals surface area contributed by atoms with Crippen molar-refractivity contribution in [2.24, 2.45) is 11.7 Å². The third-order valence-corrected chi connectivity index (χ3v) is 6.56. The van der Waals surface area contributed by atoms with Crippen LogP contribution in [0.4, 0.5) is 23.2 Å². The Balaban J connectivity index is 1.76. The number of carbonyl (C=O) groups is 3. The number of fused-ring (bicyclic) bond motifs is 2. The molecule has 34 heavy (non-hydrogen) atoms. The van der Waals surface area contributed by atoms with Crippen molar-refractivity contribution < 1.29 is 41.8 Å². The summed E-state index contributed by atoms with van der Waals surface area (Å²) in [7, 11) is 0. The van der Waals surface area contributed by atoms with Crippen molar-refractivity contribution in [2.75, 3.05) is 4.90 Å². The van der Waals surface area contributed by atoms with Gasteiger partial charge in [0.15, 0.2) is 0 Å². The number of aldehydes is 1. The van der Waals surface area contributed by atoms with Crippen molar-refractivity contribution >= 4 is 23.9 Å². The van der Waals surface area contributed by atoms with Gasteiger partial charge in [0.1, 0.15) is 23.4 Å². The number of hydrogen-bond donors (Lipinski definition) is 2. The number of amides is 1. The highest BCUT2D eigenvalue weighted by Gasteiger charge is 2.57. The predicted octanol–water partition coefficient (Wildman–Crippen LogP) is 3.62. The van der Waals surface area contributed by atoms with Crippen LogP contribution >= 0.6 is 0 Å². The van der Waals surface area contributed by atoms with E-state index >= 15 is 0 Å². The Morgan fingerprint density at radius 3 is 2.35 bits per heavy atom. The first-order valence-electron chi connectivity index (χ1n) is 10.4. The molecule has 3 N–H and O–H groups in total. The zero-order valence-corrected chi connectivity index (χ0v) is 17.6. The van der Waals surface area contributed by atoms with E-state index in [9.17, 15) is 37.1 Å². The number of anilines is 1. The Hall–Kier alpha value is -3.47. The highest BCUT2D eigenvalue weighted by Crippen LogP contribution is 2.55. The number of hydrogen-bond acceptors (Lipinski definition) is 5. The normalized spacial score (nSPS) is 23.1. The monoisotopic (exact) mass is 480 g/mol. The summed E-state index contributed by atoms with van der Waals surface area (Å²) >= 11 is 0. The lowest BCUT2D eigenvalue weighted by Crippen LogP contribution is -2.64. The molecule has 1 heterocycles. The minimum absolute atomic E-state index is 0.0686. The number of ether oxygens (including phenoxy) is 1. The smallest absolute Gasteiger partial charge is 0.480 e. The van der Waals surface area contributed by atoms with E-state index in [1.165, 1.54) is 23.1 Å². The maximum absolute atomic E-state index is 14.2. The quantitative estimate of drug-likeness (QED) is 0.483. The Morgan fingerprint density at radius 2 is 1.82 bits per heavy atom. The molecule has 7 nitrogen and oxygen atoms in total. The first-order valence-corrected chi connectivity index (χ1v) is 10.4. The van der Waals surface area contributed by atoms with Crippen LogP contribution < -0.4 is 15.4 Å². The number of halogens is 4. The zero-order chi connectivity index (χ0) is 24.8. The topological polar surface area (TPSA) is 110 Å². The third-order valence-electron chi connectivity index (χ3n) is 6.56. The molecule has 2 aromatic carbocycles. The van der Waals surface area contributed by atoms with Gasteiger partial charge in [-0.2, -0.15) is 0 Å². The van der Waals surface area contributed by atoms with Gasteiger partial charge in [0.25, 0.3) is 5.91 Å². The van der Waals surface area contributed by atoms with E-state index in [1.807, 2.05) is 0 Å². The van der Waals surface area contributed by atoms with E-state index < -0.39 is 59.6 Å². The summed E-state index contributed by atoms with van der Waals surface area (Å²) in [6.07, 6.45) is -3.96. The van der Waals surface area contributed by atoms with Crippen LogP contribution in [0.1, 0.15) is 41.1 Å². The molecule has 1 aliphatic heterocycles. The van der Waals surface area contributed by atoms with E-state index in [2.05, 4.69) is 4.74 Å². The number of alkyl halides is 3. The van der Waals surface area contributed by atoms with Gasteiger partial charge in [-0.3, -0.25) is 9.59 Å². The Kier molecular flexibility index (Phi) is 5.84. The molecule has 1 aliphatic carbocycles. The molecular formula is C23H20F4N2O5. The van der Waals surface area contributed by atoms with Gasteiger partial charge >= 0.3 is 12.3 Å². The Morgan fingerprint density at radius 1 is 1.15 bits per heavy atom. The van der Waals surface area contributed by atoms with Crippen molar-refractivity contribution in [2.45, 2.75) is 43.1 Å². The van der Waals surface area contributed by atoms with Crippen LogP contribution in [0.3, 0.4) is 0 Å². The first-order chi connectivity index (χ1) is 16.0. The molecule has 0 aromatic heterocycles. The van der Waals surface area contributed by atoms with Gasteiger partial charge in [-0.05, 0) is 66.8 Å². The molecule has 180 valence electrons. The molecule has 0 saturated heterocycles. The summed E-state index contributed by atoms with van der Waals surface area (Å²) in [6.45, 7) is 0. The molecule has 0 radical (unpaired) electrons. The van der Waals surface area contributed by atoms with E-state index in [1.54, 1.807) is 0 Å². The van der Waals surface area contributed by atoms with E-state index in [0.29, 0.717) is 19.1 Å². The molecule has 0 bridgehead atoms. The Bertz CT molecular complexity index is 1140. The van der Waals surface area contributed by atoms with Crippen molar-refractivity contribution in [3.05, 3.63) is 59.4 Å². The lowest BCUT2D eigenvalue weighted by Gasteiger charge is -2.55. The fourth-order valence-corrected chi connectivity index (χ4v) is 4.96. The van der Waals surface area contributed by atoms with Crippen molar-refractivity contribution in [1.29, 1.82) is 0 Å². The molecule has 2 aliphatic rings. The minimum Gasteiger partial charge on any atom is -0.480 e. The predicted molar refractivity (Wildman–Crippen MR) is 111 cm³/mol. The summed E-state index contributed by atoms with van der Waals surface area (Å²) in [5, 5.41) is 9.85. The first kappa shape index (κ1) is 23.7. The number of carboxylic acid groups (broad SMARTS) is 1. The molecule has 4 rings (SSSR count). The van der Waals surface area contributed by atoms with E-state index in [0.717, 1.165) is 24.3 Å². The van der Waals surface area contributed by atoms with Gasteiger partial charge in [-0.15, -0.1) is 13.2 Å². The van der Waals surface area contributed by atoms with E-state index in [4.69, 9.17) is 5.73 Å². The summed E-state index contributed by atoms with van der Waals surface area (Å²) in [6, 6.07) is 7.49. The fourth-order valence-electron chi connectivity index (χ4n) is 4.96. The summed E-state index contributed by atoms with van der Waals surface area (Å²) in [5.74, 6) is -4.49. The molecule has 1 fully saturated rings. The fraction of sp³-hybridized carbons (Fsp3) is 0.348. The number of rotatable bonds is 6. The maximum atomic E-state index is 14.2.